The molecule has 1 aliphatic rings. The highest BCUT2D eigenvalue weighted by Gasteiger charge is 2.25. The second-order valence-electron chi connectivity index (χ2n) is 4.97. The number of likely N-dealkylation sites (N-methyl/N-ethyl adjacent to an activating group) is 1. The van der Waals surface area contributed by atoms with Gasteiger partial charge in [-0.2, -0.15) is 10.4 Å². The molecule has 0 amide bonds. The molecule has 0 saturated heterocycles. The van der Waals surface area contributed by atoms with E-state index in [1.54, 1.807) is 18.3 Å². The second kappa shape index (κ2) is 6.35. The van der Waals surface area contributed by atoms with Crippen molar-refractivity contribution in [3.8, 4) is 6.07 Å². The van der Waals surface area contributed by atoms with Crippen molar-refractivity contribution < 1.29 is 5.11 Å². The van der Waals surface area contributed by atoms with Crippen molar-refractivity contribution in [1.29, 1.82) is 5.26 Å². The molecule has 0 radical (unpaired) electrons. The number of benzene rings is 1. The Labute approximate surface area is 114 Å². The predicted molar refractivity (Wildman–Crippen MR) is 74.8 cm³/mol. The van der Waals surface area contributed by atoms with E-state index in [2.05, 4.69) is 11.2 Å². The highest BCUT2D eigenvalue weighted by Crippen LogP contribution is 2.22. The van der Waals surface area contributed by atoms with Crippen LogP contribution in [0, 0.1) is 11.3 Å². The molecule has 0 bridgehead atoms. The fourth-order valence-electron chi connectivity index (χ4n) is 2.41. The van der Waals surface area contributed by atoms with Crippen LogP contribution in [-0.2, 0) is 0 Å². The third-order valence-electron chi connectivity index (χ3n) is 3.60. The van der Waals surface area contributed by atoms with Crippen molar-refractivity contribution in [2.45, 2.75) is 37.8 Å². The smallest absolute Gasteiger partial charge is 0.0991 e. The molecular formula is C15H19N3O. The zero-order valence-corrected chi connectivity index (χ0v) is 11.2. The summed E-state index contributed by atoms with van der Waals surface area (Å²) in [6.07, 6.45) is 5.59. The maximum atomic E-state index is 9.95. The number of hydrazone groups is 1. The van der Waals surface area contributed by atoms with Gasteiger partial charge in [0.2, 0.25) is 0 Å². The lowest BCUT2D eigenvalue weighted by atomic mass is 9.92. The molecule has 2 rings (SSSR count). The lowest BCUT2D eigenvalue weighted by molar-refractivity contribution is 0.0338. The third-order valence-corrected chi connectivity index (χ3v) is 3.60. The second-order valence-corrected chi connectivity index (χ2v) is 4.97. The van der Waals surface area contributed by atoms with Crippen LogP contribution in [-0.4, -0.2) is 35.5 Å². The van der Waals surface area contributed by atoms with E-state index in [9.17, 15) is 5.11 Å². The Bertz CT molecular complexity index is 475. The van der Waals surface area contributed by atoms with Crippen LogP contribution in [0.1, 0.15) is 36.8 Å². The predicted octanol–water partition coefficient (Wildman–Crippen LogP) is 2.13. The molecule has 1 aliphatic carbocycles. The number of hydrogen-bond acceptors (Lipinski definition) is 4. The molecule has 2 atom stereocenters. The quantitative estimate of drug-likeness (QED) is 0.666. The molecule has 0 heterocycles. The van der Waals surface area contributed by atoms with Crippen molar-refractivity contribution in [1.82, 2.24) is 5.01 Å². The summed E-state index contributed by atoms with van der Waals surface area (Å²) in [5.41, 5.74) is 1.60. The summed E-state index contributed by atoms with van der Waals surface area (Å²) in [6, 6.07) is 9.49. The zero-order chi connectivity index (χ0) is 13.7. The summed E-state index contributed by atoms with van der Waals surface area (Å²) in [5.74, 6) is 0. The van der Waals surface area contributed by atoms with Gasteiger partial charge in [-0.15, -0.1) is 0 Å². The first kappa shape index (κ1) is 13.6. The van der Waals surface area contributed by atoms with E-state index in [1.165, 1.54) is 0 Å². The minimum absolute atomic E-state index is 0.114. The van der Waals surface area contributed by atoms with Crippen LogP contribution in [0.2, 0.25) is 0 Å². The van der Waals surface area contributed by atoms with E-state index < -0.39 is 0 Å². The van der Waals surface area contributed by atoms with Crippen molar-refractivity contribution >= 4 is 6.21 Å². The standard InChI is InChI=1S/C15H19N3O/c1-18(14-4-2-3-5-15(14)19)17-11-13-8-6-12(10-16)7-9-13/h6-9,11,14-15,19H,2-5H2,1H3/b17-11+/t14-,15-/m1/s1. The topological polar surface area (TPSA) is 59.6 Å². The third kappa shape index (κ3) is 3.55. The molecular weight excluding hydrogens is 238 g/mol. The zero-order valence-electron chi connectivity index (χ0n) is 11.2. The van der Waals surface area contributed by atoms with Crippen molar-refractivity contribution in [3.63, 3.8) is 0 Å². The highest BCUT2D eigenvalue weighted by atomic mass is 16.3. The fraction of sp³-hybridized carbons (Fsp3) is 0.467. The lowest BCUT2D eigenvalue weighted by Gasteiger charge is -2.33. The molecule has 1 saturated carbocycles. The molecule has 0 spiro atoms. The van der Waals surface area contributed by atoms with E-state index in [1.807, 2.05) is 24.2 Å². The number of aliphatic hydroxyl groups is 1. The van der Waals surface area contributed by atoms with E-state index in [0.717, 1.165) is 31.2 Å². The van der Waals surface area contributed by atoms with Gasteiger partial charge in [0, 0.05) is 7.05 Å². The minimum atomic E-state index is -0.281. The first-order valence-corrected chi connectivity index (χ1v) is 6.66. The van der Waals surface area contributed by atoms with Crippen molar-refractivity contribution in [2.75, 3.05) is 7.05 Å². The van der Waals surface area contributed by atoms with Gasteiger partial charge < -0.3 is 5.11 Å². The Morgan fingerprint density at radius 3 is 2.63 bits per heavy atom. The van der Waals surface area contributed by atoms with Gasteiger partial charge in [0.1, 0.15) is 0 Å². The molecule has 1 N–H and O–H groups in total. The van der Waals surface area contributed by atoms with Crippen LogP contribution in [0.3, 0.4) is 0 Å². The number of aliphatic hydroxyl groups excluding tert-OH is 1. The average Bonchev–Trinajstić information content (AvgIpc) is 2.46. The first-order valence-electron chi connectivity index (χ1n) is 6.66. The van der Waals surface area contributed by atoms with Crippen LogP contribution >= 0.6 is 0 Å². The Balaban J connectivity index is 1.98. The van der Waals surface area contributed by atoms with Crippen LogP contribution in [0.5, 0.6) is 0 Å². The molecule has 4 nitrogen and oxygen atoms in total. The largest absolute Gasteiger partial charge is 0.391 e. The van der Waals surface area contributed by atoms with Crippen LogP contribution in [0.15, 0.2) is 29.4 Å². The molecule has 19 heavy (non-hydrogen) atoms. The van der Waals surface area contributed by atoms with E-state index in [4.69, 9.17) is 5.26 Å². The molecule has 1 fully saturated rings. The first-order chi connectivity index (χ1) is 9.20. The number of hydrogen-bond donors (Lipinski definition) is 1. The monoisotopic (exact) mass is 257 g/mol. The normalized spacial score (nSPS) is 23.2. The molecule has 0 aromatic heterocycles. The highest BCUT2D eigenvalue weighted by molar-refractivity contribution is 5.79. The Hall–Kier alpha value is -1.86. The average molecular weight is 257 g/mol. The van der Waals surface area contributed by atoms with Crippen molar-refractivity contribution in [3.05, 3.63) is 35.4 Å². The number of rotatable bonds is 3. The lowest BCUT2D eigenvalue weighted by Crippen LogP contribution is -2.40. The van der Waals surface area contributed by atoms with Gasteiger partial charge >= 0.3 is 0 Å². The van der Waals surface area contributed by atoms with Gasteiger partial charge in [0.15, 0.2) is 0 Å². The summed E-state index contributed by atoms with van der Waals surface area (Å²) in [6.45, 7) is 0. The van der Waals surface area contributed by atoms with Gasteiger partial charge in [0.25, 0.3) is 0 Å². The van der Waals surface area contributed by atoms with E-state index >= 15 is 0 Å². The summed E-state index contributed by atoms with van der Waals surface area (Å²) < 4.78 is 0. The van der Waals surface area contributed by atoms with Crippen LogP contribution in [0.25, 0.3) is 0 Å². The number of nitriles is 1. The fourth-order valence-corrected chi connectivity index (χ4v) is 2.41. The van der Waals surface area contributed by atoms with Crippen molar-refractivity contribution in [2.24, 2.45) is 5.10 Å². The summed E-state index contributed by atoms with van der Waals surface area (Å²) in [4.78, 5) is 0. The van der Waals surface area contributed by atoms with E-state index in [-0.39, 0.29) is 12.1 Å². The molecule has 0 unspecified atom stereocenters. The molecule has 0 aliphatic heterocycles. The van der Waals surface area contributed by atoms with Crippen LogP contribution in [0.4, 0.5) is 0 Å². The summed E-state index contributed by atoms with van der Waals surface area (Å²) in [7, 11) is 1.90. The Morgan fingerprint density at radius 2 is 2.00 bits per heavy atom. The Morgan fingerprint density at radius 1 is 1.32 bits per heavy atom. The van der Waals surface area contributed by atoms with Gasteiger partial charge in [-0.3, -0.25) is 5.01 Å². The maximum absolute atomic E-state index is 9.95. The molecule has 100 valence electrons. The summed E-state index contributed by atoms with van der Waals surface area (Å²) in [5, 5.41) is 24.9. The molecule has 1 aromatic rings. The minimum Gasteiger partial charge on any atom is -0.391 e. The number of nitrogens with zero attached hydrogens (tertiary/aromatic N) is 3. The van der Waals surface area contributed by atoms with E-state index in [0.29, 0.717) is 5.56 Å². The van der Waals surface area contributed by atoms with Gasteiger partial charge in [-0.25, -0.2) is 0 Å². The van der Waals surface area contributed by atoms with Gasteiger partial charge in [-0.05, 0) is 30.5 Å². The molecule has 4 heteroatoms. The van der Waals surface area contributed by atoms with Gasteiger partial charge in [-0.1, -0.05) is 25.0 Å². The van der Waals surface area contributed by atoms with Gasteiger partial charge in [0.05, 0.1) is 30.0 Å². The van der Waals surface area contributed by atoms with Crippen LogP contribution < -0.4 is 0 Å². The SMILES string of the molecule is CN(/N=C/c1ccc(C#N)cc1)[C@@H]1CCCC[C@H]1O. The molecule has 1 aromatic carbocycles. The maximum Gasteiger partial charge on any atom is 0.0991 e. The Kier molecular flexibility index (Phi) is 4.53. The summed E-state index contributed by atoms with van der Waals surface area (Å²) >= 11 is 0.